The molecule has 9 heteroatoms. The number of fused-ring (bicyclic) bond motifs is 1. The summed E-state index contributed by atoms with van der Waals surface area (Å²) in [7, 11) is -3.96. The molecular weight excluding hydrogens is 392 g/mol. The van der Waals surface area contributed by atoms with Gasteiger partial charge in [-0.3, -0.25) is 14.3 Å². The molecule has 1 aromatic heterocycles. The standard InChI is InChI=1S/C20H20N4O4S/c1-13-5-4-6-16(19(13)20(26)24-9-2-3-10-24)23-29(27,28)14-7-8-15-17(11-14)21-12-18(25)22-15/h4-8,11-12,23H,2-3,9-10H2,1H3,(H,22,25). The maximum absolute atomic E-state index is 13.0. The van der Waals surface area contributed by atoms with Gasteiger partial charge in [0.2, 0.25) is 0 Å². The van der Waals surface area contributed by atoms with E-state index in [1.807, 2.05) is 0 Å². The molecule has 0 saturated carbocycles. The molecular formula is C20H20N4O4S. The Bertz CT molecular complexity index is 1260. The number of hydrogen-bond acceptors (Lipinski definition) is 5. The van der Waals surface area contributed by atoms with Crippen molar-refractivity contribution in [2.45, 2.75) is 24.7 Å². The van der Waals surface area contributed by atoms with Crippen molar-refractivity contribution in [1.82, 2.24) is 14.9 Å². The first-order chi connectivity index (χ1) is 13.8. The van der Waals surface area contributed by atoms with Gasteiger partial charge in [0, 0.05) is 13.1 Å². The number of aromatic amines is 1. The van der Waals surface area contributed by atoms with Crippen LogP contribution in [0.2, 0.25) is 0 Å². The number of sulfonamides is 1. The second-order valence-corrected chi connectivity index (χ2v) is 8.71. The van der Waals surface area contributed by atoms with E-state index in [-0.39, 0.29) is 22.0 Å². The number of anilines is 1. The highest BCUT2D eigenvalue weighted by Gasteiger charge is 2.25. The van der Waals surface area contributed by atoms with Crippen molar-refractivity contribution in [2.24, 2.45) is 0 Å². The van der Waals surface area contributed by atoms with Crippen molar-refractivity contribution in [2.75, 3.05) is 17.8 Å². The van der Waals surface area contributed by atoms with E-state index in [2.05, 4.69) is 14.7 Å². The van der Waals surface area contributed by atoms with Crippen LogP contribution < -0.4 is 10.3 Å². The Hall–Kier alpha value is -3.20. The van der Waals surface area contributed by atoms with Crippen LogP contribution in [-0.2, 0) is 10.0 Å². The number of nitrogens with one attached hydrogen (secondary N) is 2. The molecule has 0 aliphatic carbocycles. The monoisotopic (exact) mass is 412 g/mol. The third kappa shape index (κ3) is 3.73. The smallest absolute Gasteiger partial charge is 0.266 e. The molecule has 2 N–H and O–H groups in total. The summed E-state index contributed by atoms with van der Waals surface area (Å²) in [5.41, 5.74) is 1.75. The Labute approximate surface area is 167 Å². The van der Waals surface area contributed by atoms with E-state index in [4.69, 9.17) is 0 Å². The number of carbonyl (C=O) groups excluding carboxylic acids is 1. The van der Waals surface area contributed by atoms with Crippen LogP contribution in [-0.4, -0.2) is 42.3 Å². The Morgan fingerprint density at radius 3 is 2.69 bits per heavy atom. The molecule has 2 heterocycles. The average molecular weight is 412 g/mol. The summed E-state index contributed by atoms with van der Waals surface area (Å²) < 4.78 is 28.5. The van der Waals surface area contributed by atoms with Crippen molar-refractivity contribution in [3.63, 3.8) is 0 Å². The molecule has 0 unspecified atom stereocenters. The summed E-state index contributed by atoms with van der Waals surface area (Å²) in [6.45, 7) is 3.14. The van der Waals surface area contributed by atoms with Crippen LogP contribution in [0.5, 0.6) is 0 Å². The van der Waals surface area contributed by atoms with E-state index in [9.17, 15) is 18.0 Å². The minimum atomic E-state index is -3.96. The van der Waals surface area contributed by atoms with Gasteiger partial charge in [-0.1, -0.05) is 12.1 Å². The maximum Gasteiger partial charge on any atom is 0.266 e. The van der Waals surface area contributed by atoms with E-state index in [0.29, 0.717) is 35.2 Å². The van der Waals surface area contributed by atoms with Crippen molar-refractivity contribution >= 4 is 32.7 Å². The summed E-state index contributed by atoms with van der Waals surface area (Å²) in [5.74, 6) is -0.170. The SMILES string of the molecule is Cc1cccc(NS(=O)(=O)c2ccc3[nH]c(=O)cnc3c2)c1C(=O)N1CCCC1. The van der Waals surface area contributed by atoms with Gasteiger partial charge < -0.3 is 9.88 Å². The number of hydrogen-bond donors (Lipinski definition) is 2. The van der Waals surface area contributed by atoms with Gasteiger partial charge in [-0.2, -0.15) is 0 Å². The molecule has 1 aliphatic heterocycles. The van der Waals surface area contributed by atoms with Gasteiger partial charge in [0.1, 0.15) is 0 Å². The topological polar surface area (TPSA) is 112 Å². The van der Waals surface area contributed by atoms with Gasteiger partial charge in [0.05, 0.1) is 33.4 Å². The zero-order valence-corrected chi connectivity index (χ0v) is 16.6. The first kappa shape index (κ1) is 19.1. The summed E-state index contributed by atoms with van der Waals surface area (Å²) in [5, 5.41) is 0. The molecule has 4 rings (SSSR count). The van der Waals surface area contributed by atoms with E-state index in [1.54, 1.807) is 30.0 Å². The van der Waals surface area contributed by atoms with Gasteiger partial charge in [-0.25, -0.2) is 13.4 Å². The minimum Gasteiger partial charge on any atom is -0.339 e. The number of aryl methyl sites for hydroxylation is 1. The number of amides is 1. The van der Waals surface area contributed by atoms with E-state index in [1.165, 1.54) is 18.2 Å². The Morgan fingerprint density at radius 1 is 1.17 bits per heavy atom. The largest absolute Gasteiger partial charge is 0.339 e. The molecule has 29 heavy (non-hydrogen) atoms. The molecule has 0 spiro atoms. The van der Waals surface area contributed by atoms with Gasteiger partial charge in [0.15, 0.2) is 0 Å². The first-order valence-electron chi connectivity index (χ1n) is 9.26. The number of nitrogens with zero attached hydrogens (tertiary/aromatic N) is 2. The summed E-state index contributed by atoms with van der Waals surface area (Å²) in [6.07, 6.45) is 3.00. The van der Waals surface area contributed by atoms with E-state index >= 15 is 0 Å². The normalized spacial score (nSPS) is 14.3. The second-order valence-electron chi connectivity index (χ2n) is 7.03. The molecule has 1 fully saturated rings. The van der Waals surface area contributed by atoms with Gasteiger partial charge in [0.25, 0.3) is 21.5 Å². The number of H-pyrrole nitrogens is 1. The van der Waals surface area contributed by atoms with Crippen LogP contribution in [0.1, 0.15) is 28.8 Å². The molecule has 0 radical (unpaired) electrons. The Balaban J connectivity index is 1.71. The Morgan fingerprint density at radius 2 is 1.93 bits per heavy atom. The van der Waals surface area contributed by atoms with E-state index < -0.39 is 10.0 Å². The van der Waals surface area contributed by atoms with Gasteiger partial charge >= 0.3 is 0 Å². The van der Waals surface area contributed by atoms with Crippen LogP contribution in [0.15, 0.2) is 52.3 Å². The lowest BCUT2D eigenvalue weighted by Gasteiger charge is -2.20. The predicted octanol–water partition coefficient (Wildman–Crippen LogP) is 2.27. The molecule has 2 aromatic carbocycles. The maximum atomic E-state index is 13.0. The highest BCUT2D eigenvalue weighted by Crippen LogP contribution is 2.26. The third-order valence-electron chi connectivity index (χ3n) is 4.98. The number of likely N-dealkylation sites (tertiary alicyclic amines) is 1. The van der Waals surface area contributed by atoms with Crippen molar-refractivity contribution in [1.29, 1.82) is 0 Å². The van der Waals surface area contributed by atoms with Crippen molar-refractivity contribution < 1.29 is 13.2 Å². The number of aromatic nitrogens is 2. The molecule has 1 saturated heterocycles. The second kappa shape index (κ2) is 7.32. The number of carbonyl (C=O) groups is 1. The van der Waals surface area contributed by atoms with Crippen LogP contribution in [0.25, 0.3) is 11.0 Å². The van der Waals surface area contributed by atoms with Gasteiger partial charge in [-0.15, -0.1) is 0 Å². The molecule has 1 aliphatic rings. The zero-order chi connectivity index (χ0) is 20.6. The van der Waals surface area contributed by atoms with Gasteiger partial charge in [-0.05, 0) is 49.6 Å². The quantitative estimate of drug-likeness (QED) is 0.683. The number of rotatable bonds is 4. The summed E-state index contributed by atoms with van der Waals surface area (Å²) >= 11 is 0. The highest BCUT2D eigenvalue weighted by atomic mass is 32.2. The third-order valence-corrected chi connectivity index (χ3v) is 6.35. The minimum absolute atomic E-state index is 0.00868. The lowest BCUT2D eigenvalue weighted by atomic mass is 10.1. The average Bonchev–Trinajstić information content (AvgIpc) is 3.22. The zero-order valence-electron chi connectivity index (χ0n) is 15.8. The van der Waals surface area contributed by atoms with Crippen molar-refractivity contribution in [3.8, 4) is 0 Å². The summed E-state index contributed by atoms with van der Waals surface area (Å²) in [4.78, 5) is 32.6. The lowest BCUT2D eigenvalue weighted by Crippen LogP contribution is -2.29. The van der Waals surface area contributed by atoms with Crippen LogP contribution in [0.4, 0.5) is 5.69 Å². The lowest BCUT2D eigenvalue weighted by molar-refractivity contribution is 0.0793. The molecule has 0 bridgehead atoms. The molecule has 8 nitrogen and oxygen atoms in total. The van der Waals surface area contributed by atoms with Crippen LogP contribution >= 0.6 is 0 Å². The van der Waals surface area contributed by atoms with Crippen LogP contribution in [0.3, 0.4) is 0 Å². The molecule has 0 atom stereocenters. The predicted molar refractivity (Wildman–Crippen MR) is 109 cm³/mol. The molecule has 150 valence electrons. The summed E-state index contributed by atoms with van der Waals surface area (Å²) in [6, 6.07) is 9.35. The highest BCUT2D eigenvalue weighted by molar-refractivity contribution is 7.92. The molecule has 3 aromatic rings. The number of benzene rings is 2. The fraction of sp³-hybridized carbons (Fsp3) is 0.250. The first-order valence-corrected chi connectivity index (χ1v) is 10.7. The fourth-order valence-corrected chi connectivity index (χ4v) is 4.59. The van der Waals surface area contributed by atoms with Crippen LogP contribution in [0, 0.1) is 6.92 Å². The van der Waals surface area contributed by atoms with E-state index in [0.717, 1.165) is 19.0 Å². The Kier molecular flexibility index (Phi) is 4.83. The van der Waals surface area contributed by atoms with Crippen molar-refractivity contribution in [3.05, 3.63) is 64.1 Å². The fourth-order valence-electron chi connectivity index (χ4n) is 3.50. The molecule has 1 amide bonds.